The number of hydrogen-bond acceptors (Lipinski definition) is 5. The van der Waals surface area contributed by atoms with Crippen LogP contribution in [0.4, 0.5) is 5.69 Å². The Morgan fingerprint density at radius 3 is 2.40 bits per heavy atom. The maximum atomic E-state index is 12.9. The van der Waals surface area contributed by atoms with Crippen LogP contribution < -0.4 is 14.8 Å². The summed E-state index contributed by atoms with van der Waals surface area (Å²) in [5, 5.41) is 2.73. The molecule has 1 aliphatic rings. The Kier molecular flexibility index (Phi) is 4.92. The van der Waals surface area contributed by atoms with Gasteiger partial charge in [0.2, 0.25) is 0 Å². The third-order valence-corrected chi connectivity index (χ3v) is 4.14. The van der Waals surface area contributed by atoms with Gasteiger partial charge in [-0.15, -0.1) is 0 Å². The lowest BCUT2D eigenvalue weighted by Gasteiger charge is -2.19. The Labute approximate surface area is 145 Å². The van der Waals surface area contributed by atoms with E-state index in [1.165, 1.54) is 20.5 Å². The van der Waals surface area contributed by atoms with Crippen LogP contribution in [0, 0.1) is 0 Å². The largest absolute Gasteiger partial charge is 0.493 e. The summed E-state index contributed by atoms with van der Waals surface area (Å²) in [6, 6.07) is 6.36. The summed E-state index contributed by atoms with van der Waals surface area (Å²) < 4.78 is 15.7. The molecule has 0 saturated carbocycles. The van der Waals surface area contributed by atoms with Crippen LogP contribution in [-0.2, 0) is 0 Å². The van der Waals surface area contributed by atoms with Crippen molar-refractivity contribution < 1.29 is 23.5 Å². The summed E-state index contributed by atoms with van der Waals surface area (Å²) in [6.45, 7) is 1.41. The van der Waals surface area contributed by atoms with E-state index in [2.05, 4.69) is 5.32 Å². The van der Waals surface area contributed by atoms with Crippen LogP contribution in [0.1, 0.15) is 33.8 Å². The standard InChI is InChI=1S/C18H20N2O5/c1-23-15-10-12(18(22)20-7-3-4-8-20)13(11-16(15)24-2)19-17(21)14-6-5-9-25-14/h5-6,9-11H,3-4,7-8H2,1-2H3,(H,19,21). The van der Waals surface area contributed by atoms with Gasteiger partial charge >= 0.3 is 0 Å². The molecule has 0 radical (unpaired) electrons. The SMILES string of the molecule is COc1cc(NC(=O)c2ccco2)c(C(=O)N2CCCC2)cc1OC. The van der Waals surface area contributed by atoms with Crippen molar-refractivity contribution in [3.05, 3.63) is 41.9 Å². The molecule has 0 spiro atoms. The molecule has 1 N–H and O–H groups in total. The lowest BCUT2D eigenvalue weighted by Crippen LogP contribution is -2.29. The maximum Gasteiger partial charge on any atom is 0.291 e. The summed E-state index contributed by atoms with van der Waals surface area (Å²) in [4.78, 5) is 26.9. The minimum Gasteiger partial charge on any atom is -0.493 e. The number of methoxy groups -OCH3 is 2. The van der Waals surface area contributed by atoms with E-state index in [-0.39, 0.29) is 11.7 Å². The molecule has 7 nitrogen and oxygen atoms in total. The average Bonchev–Trinajstić information content (AvgIpc) is 3.34. The number of nitrogens with zero attached hydrogens (tertiary/aromatic N) is 1. The third-order valence-electron chi connectivity index (χ3n) is 4.14. The van der Waals surface area contributed by atoms with E-state index in [1.807, 2.05) is 0 Å². The van der Waals surface area contributed by atoms with Gasteiger partial charge in [0.1, 0.15) is 0 Å². The van der Waals surface area contributed by atoms with Gasteiger partial charge in [-0.1, -0.05) is 0 Å². The van der Waals surface area contributed by atoms with E-state index < -0.39 is 5.91 Å². The highest BCUT2D eigenvalue weighted by Crippen LogP contribution is 2.34. The Morgan fingerprint density at radius 2 is 1.80 bits per heavy atom. The summed E-state index contributed by atoms with van der Waals surface area (Å²) in [5.74, 6) is 0.437. The van der Waals surface area contributed by atoms with Gasteiger partial charge in [0, 0.05) is 19.2 Å². The quantitative estimate of drug-likeness (QED) is 0.902. The molecule has 1 aromatic carbocycles. The lowest BCUT2D eigenvalue weighted by molar-refractivity contribution is 0.0793. The predicted octanol–water partition coefficient (Wildman–Crippen LogP) is 2.79. The first kappa shape index (κ1) is 16.9. The molecule has 3 rings (SSSR count). The molecular formula is C18H20N2O5. The highest BCUT2D eigenvalue weighted by molar-refractivity contribution is 6.08. The summed E-state index contributed by atoms with van der Waals surface area (Å²) in [5.41, 5.74) is 0.718. The molecule has 2 amide bonds. The second kappa shape index (κ2) is 7.29. The van der Waals surface area contributed by atoms with Gasteiger partial charge in [-0.05, 0) is 31.0 Å². The van der Waals surface area contributed by atoms with Crippen molar-refractivity contribution in [3.8, 4) is 11.5 Å². The van der Waals surface area contributed by atoms with Crippen molar-refractivity contribution in [1.29, 1.82) is 0 Å². The molecular weight excluding hydrogens is 324 g/mol. The number of hydrogen-bond donors (Lipinski definition) is 1. The number of nitrogens with one attached hydrogen (secondary N) is 1. The van der Waals surface area contributed by atoms with Gasteiger partial charge in [-0.3, -0.25) is 9.59 Å². The molecule has 1 fully saturated rings. The number of carbonyl (C=O) groups excluding carboxylic acids is 2. The summed E-state index contributed by atoms with van der Waals surface area (Å²) >= 11 is 0. The summed E-state index contributed by atoms with van der Waals surface area (Å²) in [6.07, 6.45) is 3.38. The zero-order valence-corrected chi connectivity index (χ0v) is 14.2. The molecule has 1 aliphatic heterocycles. The minimum absolute atomic E-state index is 0.145. The zero-order chi connectivity index (χ0) is 17.8. The highest BCUT2D eigenvalue weighted by Gasteiger charge is 2.25. The fourth-order valence-electron chi connectivity index (χ4n) is 2.84. The van der Waals surface area contributed by atoms with E-state index in [0.717, 1.165) is 12.8 Å². The number of rotatable bonds is 5. The average molecular weight is 344 g/mol. The van der Waals surface area contributed by atoms with Crippen LogP contribution in [0.25, 0.3) is 0 Å². The molecule has 0 bridgehead atoms. The van der Waals surface area contributed by atoms with E-state index in [9.17, 15) is 9.59 Å². The summed E-state index contributed by atoms with van der Waals surface area (Å²) in [7, 11) is 3.00. The van der Waals surface area contributed by atoms with Gasteiger partial charge < -0.3 is 24.1 Å². The molecule has 7 heteroatoms. The van der Waals surface area contributed by atoms with E-state index >= 15 is 0 Å². The molecule has 25 heavy (non-hydrogen) atoms. The Hall–Kier alpha value is -2.96. The van der Waals surface area contributed by atoms with Crippen LogP contribution in [0.3, 0.4) is 0 Å². The van der Waals surface area contributed by atoms with E-state index in [4.69, 9.17) is 13.9 Å². The molecule has 0 unspecified atom stereocenters. The van der Waals surface area contributed by atoms with Crippen LogP contribution in [0.15, 0.2) is 34.9 Å². The maximum absolute atomic E-state index is 12.9. The Morgan fingerprint density at radius 1 is 1.12 bits per heavy atom. The first-order chi connectivity index (χ1) is 12.1. The zero-order valence-electron chi connectivity index (χ0n) is 14.2. The fourth-order valence-corrected chi connectivity index (χ4v) is 2.84. The van der Waals surface area contributed by atoms with E-state index in [0.29, 0.717) is 35.8 Å². The van der Waals surface area contributed by atoms with Crippen LogP contribution in [0.5, 0.6) is 11.5 Å². The molecule has 132 valence electrons. The van der Waals surface area contributed by atoms with Crippen molar-refractivity contribution in [1.82, 2.24) is 4.90 Å². The van der Waals surface area contributed by atoms with Crippen molar-refractivity contribution in [3.63, 3.8) is 0 Å². The van der Waals surface area contributed by atoms with Gasteiger partial charge in [-0.25, -0.2) is 0 Å². The number of likely N-dealkylation sites (tertiary alicyclic amines) is 1. The highest BCUT2D eigenvalue weighted by atomic mass is 16.5. The van der Waals surface area contributed by atoms with Crippen molar-refractivity contribution in [2.24, 2.45) is 0 Å². The van der Waals surface area contributed by atoms with Gasteiger partial charge in [0.15, 0.2) is 17.3 Å². The normalized spacial score (nSPS) is 13.6. The van der Waals surface area contributed by atoms with Gasteiger partial charge in [0.05, 0.1) is 31.7 Å². The van der Waals surface area contributed by atoms with Crippen molar-refractivity contribution in [2.45, 2.75) is 12.8 Å². The van der Waals surface area contributed by atoms with Crippen molar-refractivity contribution in [2.75, 3.05) is 32.6 Å². The van der Waals surface area contributed by atoms with Crippen LogP contribution in [0.2, 0.25) is 0 Å². The second-order valence-corrected chi connectivity index (χ2v) is 5.68. The molecule has 0 atom stereocenters. The molecule has 1 aromatic heterocycles. The molecule has 2 aromatic rings. The third kappa shape index (κ3) is 3.45. The first-order valence-corrected chi connectivity index (χ1v) is 8.04. The number of amides is 2. The van der Waals surface area contributed by atoms with Crippen LogP contribution in [-0.4, -0.2) is 44.0 Å². The van der Waals surface area contributed by atoms with Gasteiger partial charge in [0.25, 0.3) is 11.8 Å². The Bertz CT molecular complexity index is 764. The number of carbonyl (C=O) groups is 2. The number of anilines is 1. The predicted molar refractivity (Wildman–Crippen MR) is 91.3 cm³/mol. The minimum atomic E-state index is -0.437. The van der Waals surface area contributed by atoms with Crippen molar-refractivity contribution >= 4 is 17.5 Å². The fraction of sp³-hybridized carbons (Fsp3) is 0.333. The monoisotopic (exact) mass is 344 g/mol. The van der Waals surface area contributed by atoms with E-state index in [1.54, 1.807) is 29.2 Å². The lowest BCUT2D eigenvalue weighted by atomic mass is 10.1. The topological polar surface area (TPSA) is 81.0 Å². The molecule has 0 aliphatic carbocycles. The molecule has 2 heterocycles. The smallest absolute Gasteiger partial charge is 0.291 e. The van der Waals surface area contributed by atoms with Gasteiger partial charge in [-0.2, -0.15) is 0 Å². The van der Waals surface area contributed by atoms with Crippen LogP contribution >= 0.6 is 0 Å². The molecule has 1 saturated heterocycles. The number of benzene rings is 1. The second-order valence-electron chi connectivity index (χ2n) is 5.68. The first-order valence-electron chi connectivity index (χ1n) is 8.04. The number of ether oxygens (including phenoxy) is 2. The number of furan rings is 1. The Balaban J connectivity index is 1.98.